The number of nitrogens with one attached hydrogen (secondary N) is 1. The van der Waals surface area contributed by atoms with Crippen molar-refractivity contribution in [2.45, 2.75) is 13.0 Å². The zero-order chi connectivity index (χ0) is 14.2. The molecule has 0 aromatic heterocycles. The first-order chi connectivity index (χ1) is 8.90. The molecular formula is C12H12BrN3O3. The van der Waals surface area contributed by atoms with Crippen LogP contribution in [-0.4, -0.2) is 35.2 Å². The summed E-state index contributed by atoms with van der Waals surface area (Å²) in [6.45, 7) is 1.41. The smallest absolute Gasteiger partial charge is 0.257 e. The van der Waals surface area contributed by atoms with Gasteiger partial charge in [0.25, 0.3) is 5.91 Å². The summed E-state index contributed by atoms with van der Waals surface area (Å²) in [4.78, 5) is 36.4. The number of anilines is 1. The van der Waals surface area contributed by atoms with E-state index in [1.54, 1.807) is 25.1 Å². The maximum absolute atomic E-state index is 12.3. The number of piperazine rings is 1. The lowest BCUT2D eigenvalue weighted by atomic mass is 10.1. The first kappa shape index (κ1) is 13.5. The van der Waals surface area contributed by atoms with Crippen LogP contribution in [0.1, 0.15) is 17.3 Å². The van der Waals surface area contributed by atoms with Crippen LogP contribution in [-0.2, 0) is 9.59 Å². The lowest BCUT2D eigenvalue weighted by molar-refractivity contribution is -0.138. The first-order valence-corrected chi connectivity index (χ1v) is 6.39. The number of carbonyl (C=O) groups excluding carboxylic acids is 3. The fraction of sp³-hybridized carbons (Fsp3) is 0.250. The fourth-order valence-electron chi connectivity index (χ4n) is 1.85. The number of nitrogens with zero attached hydrogens (tertiary/aromatic N) is 1. The molecule has 1 saturated heterocycles. The van der Waals surface area contributed by atoms with Crippen molar-refractivity contribution in [2.24, 2.45) is 0 Å². The van der Waals surface area contributed by atoms with Crippen molar-refractivity contribution in [3.05, 3.63) is 28.2 Å². The largest absolute Gasteiger partial charge is 0.398 e. The number of carbonyl (C=O) groups is 3. The van der Waals surface area contributed by atoms with Gasteiger partial charge in [-0.15, -0.1) is 0 Å². The first-order valence-electron chi connectivity index (χ1n) is 5.60. The molecule has 0 spiro atoms. The molecule has 1 aromatic carbocycles. The van der Waals surface area contributed by atoms with Crippen LogP contribution in [0.2, 0.25) is 0 Å². The highest BCUT2D eigenvalue weighted by atomic mass is 79.9. The fourth-order valence-corrected chi connectivity index (χ4v) is 2.22. The van der Waals surface area contributed by atoms with Crippen LogP contribution in [0.3, 0.4) is 0 Å². The van der Waals surface area contributed by atoms with Crippen molar-refractivity contribution in [3.8, 4) is 0 Å². The minimum absolute atomic E-state index is 0.152. The van der Waals surface area contributed by atoms with E-state index in [0.717, 1.165) is 4.47 Å². The number of benzene rings is 1. The highest BCUT2D eigenvalue weighted by molar-refractivity contribution is 9.10. The lowest BCUT2D eigenvalue weighted by Crippen LogP contribution is -2.58. The van der Waals surface area contributed by atoms with Crippen molar-refractivity contribution in [1.82, 2.24) is 10.2 Å². The van der Waals surface area contributed by atoms with Gasteiger partial charge in [0.05, 0.1) is 5.56 Å². The van der Waals surface area contributed by atoms with E-state index in [9.17, 15) is 14.4 Å². The van der Waals surface area contributed by atoms with Crippen LogP contribution in [0.4, 0.5) is 5.69 Å². The van der Waals surface area contributed by atoms with Gasteiger partial charge < -0.3 is 10.6 Å². The Labute approximate surface area is 118 Å². The number of nitrogens with two attached hydrogens (primary N) is 1. The highest BCUT2D eigenvalue weighted by Gasteiger charge is 2.34. The van der Waals surface area contributed by atoms with Crippen LogP contribution in [0.25, 0.3) is 0 Å². The second-order valence-corrected chi connectivity index (χ2v) is 5.17. The second kappa shape index (κ2) is 5.00. The zero-order valence-corrected chi connectivity index (χ0v) is 11.7. The van der Waals surface area contributed by atoms with E-state index >= 15 is 0 Å². The number of amides is 3. The Kier molecular flexibility index (Phi) is 3.57. The van der Waals surface area contributed by atoms with Crippen molar-refractivity contribution in [2.75, 3.05) is 12.3 Å². The summed E-state index contributed by atoms with van der Waals surface area (Å²) >= 11 is 3.25. The maximum atomic E-state index is 12.3. The number of hydrogen-bond acceptors (Lipinski definition) is 4. The molecule has 100 valence electrons. The predicted octanol–water partition coefficient (Wildman–Crippen LogP) is 0.518. The van der Waals surface area contributed by atoms with E-state index in [4.69, 9.17) is 5.73 Å². The van der Waals surface area contributed by atoms with E-state index in [2.05, 4.69) is 21.2 Å². The molecule has 2 rings (SSSR count). The van der Waals surface area contributed by atoms with Crippen molar-refractivity contribution >= 4 is 39.3 Å². The molecule has 1 aromatic rings. The van der Waals surface area contributed by atoms with Crippen LogP contribution >= 0.6 is 15.9 Å². The summed E-state index contributed by atoms with van der Waals surface area (Å²) in [5.74, 6) is -1.41. The van der Waals surface area contributed by atoms with E-state index in [-0.39, 0.29) is 12.1 Å². The third kappa shape index (κ3) is 2.60. The molecule has 1 aliphatic heterocycles. The summed E-state index contributed by atoms with van der Waals surface area (Å²) < 4.78 is 0.752. The van der Waals surface area contributed by atoms with Gasteiger partial charge in [-0.1, -0.05) is 15.9 Å². The zero-order valence-electron chi connectivity index (χ0n) is 10.1. The number of halogens is 1. The molecule has 6 nitrogen and oxygen atoms in total. The lowest BCUT2D eigenvalue weighted by Gasteiger charge is -2.31. The Bertz CT molecular complexity index is 573. The molecule has 3 amide bonds. The summed E-state index contributed by atoms with van der Waals surface area (Å²) in [6, 6.07) is 4.14. The average molecular weight is 326 g/mol. The van der Waals surface area contributed by atoms with Crippen molar-refractivity contribution in [3.63, 3.8) is 0 Å². The molecule has 0 radical (unpaired) electrons. The number of hydrogen-bond donors (Lipinski definition) is 2. The van der Waals surface area contributed by atoms with Crippen LogP contribution < -0.4 is 11.1 Å². The predicted molar refractivity (Wildman–Crippen MR) is 72.2 cm³/mol. The van der Waals surface area contributed by atoms with Gasteiger partial charge >= 0.3 is 0 Å². The average Bonchev–Trinajstić information content (AvgIpc) is 2.33. The van der Waals surface area contributed by atoms with Crippen LogP contribution in [0.15, 0.2) is 22.7 Å². The molecule has 3 N–H and O–H groups in total. The van der Waals surface area contributed by atoms with Gasteiger partial charge in [-0.05, 0) is 25.1 Å². The Morgan fingerprint density at radius 3 is 2.79 bits per heavy atom. The number of nitrogen functional groups attached to an aromatic ring is 1. The Hall–Kier alpha value is -1.89. The summed E-state index contributed by atoms with van der Waals surface area (Å²) in [5.41, 5.74) is 6.35. The van der Waals surface area contributed by atoms with Crippen LogP contribution in [0.5, 0.6) is 0 Å². The quantitative estimate of drug-likeness (QED) is 0.581. The summed E-state index contributed by atoms with van der Waals surface area (Å²) in [5, 5.41) is 2.18. The highest BCUT2D eigenvalue weighted by Crippen LogP contribution is 2.21. The molecule has 1 atom stereocenters. The van der Waals surface area contributed by atoms with Gasteiger partial charge in [-0.2, -0.15) is 0 Å². The molecule has 1 aliphatic rings. The standard InChI is InChI=1S/C12H12BrN3O3/c1-6-11(18)15-10(17)5-16(6)12(19)8-3-2-7(13)4-9(8)14/h2-4,6H,5,14H2,1H3,(H,15,17,18). The van der Waals surface area contributed by atoms with Gasteiger partial charge in [0.1, 0.15) is 12.6 Å². The minimum Gasteiger partial charge on any atom is -0.398 e. The van der Waals surface area contributed by atoms with E-state index in [1.165, 1.54) is 4.90 Å². The number of rotatable bonds is 1. The molecule has 7 heteroatoms. The third-order valence-electron chi connectivity index (χ3n) is 2.93. The van der Waals surface area contributed by atoms with Gasteiger partial charge in [0, 0.05) is 10.2 Å². The van der Waals surface area contributed by atoms with E-state index < -0.39 is 23.8 Å². The molecule has 0 saturated carbocycles. The normalized spacial score (nSPS) is 19.3. The molecule has 0 aliphatic carbocycles. The molecule has 0 bridgehead atoms. The minimum atomic E-state index is -0.701. The van der Waals surface area contributed by atoms with Crippen molar-refractivity contribution in [1.29, 1.82) is 0 Å². The van der Waals surface area contributed by atoms with Gasteiger partial charge in [0.15, 0.2) is 0 Å². The Morgan fingerprint density at radius 2 is 2.16 bits per heavy atom. The van der Waals surface area contributed by atoms with Gasteiger partial charge in [-0.3, -0.25) is 19.7 Å². The molecule has 19 heavy (non-hydrogen) atoms. The molecule has 1 heterocycles. The molecule has 1 unspecified atom stereocenters. The molecular weight excluding hydrogens is 314 g/mol. The second-order valence-electron chi connectivity index (χ2n) is 4.25. The molecule has 1 fully saturated rings. The van der Waals surface area contributed by atoms with Gasteiger partial charge in [0.2, 0.25) is 11.8 Å². The summed E-state index contributed by atoms with van der Waals surface area (Å²) in [7, 11) is 0. The van der Waals surface area contributed by atoms with E-state index in [0.29, 0.717) is 5.69 Å². The Balaban J connectivity index is 2.32. The van der Waals surface area contributed by atoms with Crippen LogP contribution in [0, 0.1) is 0 Å². The van der Waals surface area contributed by atoms with E-state index in [1.807, 2.05) is 0 Å². The van der Waals surface area contributed by atoms with Gasteiger partial charge in [-0.25, -0.2) is 0 Å². The topological polar surface area (TPSA) is 92.5 Å². The van der Waals surface area contributed by atoms with Crippen molar-refractivity contribution < 1.29 is 14.4 Å². The number of imide groups is 1. The Morgan fingerprint density at radius 1 is 1.47 bits per heavy atom. The maximum Gasteiger partial charge on any atom is 0.257 e. The third-order valence-corrected chi connectivity index (χ3v) is 3.42. The summed E-state index contributed by atoms with van der Waals surface area (Å²) in [6.07, 6.45) is 0. The monoisotopic (exact) mass is 325 g/mol. The SMILES string of the molecule is CC1C(=O)NC(=O)CN1C(=O)c1ccc(Br)cc1N.